The first-order valence-corrected chi connectivity index (χ1v) is 6.15. The molecule has 0 aliphatic carbocycles. The van der Waals surface area contributed by atoms with Crippen molar-refractivity contribution >= 4 is 11.7 Å². The Morgan fingerprint density at radius 1 is 1.59 bits per heavy atom. The SMILES string of the molecule is CCC1CCCN(c2ccc(C(=O)O)nc2)C1. The number of aromatic carboxylic acids is 1. The summed E-state index contributed by atoms with van der Waals surface area (Å²) in [5.41, 5.74) is 1.14. The Morgan fingerprint density at radius 2 is 2.41 bits per heavy atom. The first-order chi connectivity index (χ1) is 8.20. The number of aromatic nitrogens is 1. The summed E-state index contributed by atoms with van der Waals surface area (Å²) in [4.78, 5) is 17.0. The Morgan fingerprint density at radius 3 is 3.00 bits per heavy atom. The lowest BCUT2D eigenvalue weighted by molar-refractivity contribution is 0.0690. The maximum Gasteiger partial charge on any atom is 0.354 e. The van der Waals surface area contributed by atoms with E-state index in [-0.39, 0.29) is 5.69 Å². The van der Waals surface area contributed by atoms with E-state index in [2.05, 4.69) is 16.8 Å². The molecule has 1 saturated heterocycles. The molecule has 4 heteroatoms. The van der Waals surface area contributed by atoms with E-state index in [9.17, 15) is 4.79 Å². The molecule has 0 radical (unpaired) electrons. The number of carboxylic acids is 1. The standard InChI is InChI=1S/C13H18N2O2/c1-2-10-4-3-7-15(9-10)11-5-6-12(13(16)17)14-8-11/h5-6,8,10H,2-4,7,9H2,1H3,(H,16,17). The normalized spacial score (nSPS) is 20.3. The lowest BCUT2D eigenvalue weighted by Crippen LogP contribution is -2.35. The monoisotopic (exact) mass is 234 g/mol. The quantitative estimate of drug-likeness (QED) is 0.872. The van der Waals surface area contributed by atoms with Gasteiger partial charge in [-0.05, 0) is 30.9 Å². The number of pyridine rings is 1. The van der Waals surface area contributed by atoms with Crippen LogP contribution in [0.5, 0.6) is 0 Å². The van der Waals surface area contributed by atoms with Gasteiger partial charge in [-0.2, -0.15) is 0 Å². The number of piperidine rings is 1. The van der Waals surface area contributed by atoms with E-state index in [1.807, 2.05) is 6.07 Å². The zero-order valence-electron chi connectivity index (χ0n) is 10.1. The molecule has 0 saturated carbocycles. The first kappa shape index (κ1) is 11.9. The fraction of sp³-hybridized carbons (Fsp3) is 0.538. The van der Waals surface area contributed by atoms with Crippen LogP contribution < -0.4 is 4.90 Å². The average Bonchev–Trinajstić information content (AvgIpc) is 2.39. The van der Waals surface area contributed by atoms with Crippen molar-refractivity contribution in [3.63, 3.8) is 0 Å². The molecule has 2 heterocycles. The van der Waals surface area contributed by atoms with Crippen LogP contribution in [0.15, 0.2) is 18.3 Å². The van der Waals surface area contributed by atoms with Gasteiger partial charge in [0.1, 0.15) is 5.69 Å². The molecule has 92 valence electrons. The van der Waals surface area contributed by atoms with Crippen molar-refractivity contribution < 1.29 is 9.90 Å². The topological polar surface area (TPSA) is 53.4 Å². The largest absolute Gasteiger partial charge is 0.477 e. The minimum Gasteiger partial charge on any atom is -0.477 e. The summed E-state index contributed by atoms with van der Waals surface area (Å²) in [6.45, 7) is 4.33. The zero-order valence-corrected chi connectivity index (χ0v) is 10.1. The number of hydrogen-bond donors (Lipinski definition) is 1. The van der Waals surface area contributed by atoms with Crippen LogP contribution in [0, 0.1) is 5.92 Å². The third kappa shape index (κ3) is 2.75. The highest BCUT2D eigenvalue weighted by Gasteiger charge is 2.19. The van der Waals surface area contributed by atoms with Gasteiger partial charge in [0.25, 0.3) is 0 Å². The molecule has 1 aromatic heterocycles. The Hall–Kier alpha value is -1.58. The van der Waals surface area contributed by atoms with Crippen LogP contribution in [-0.4, -0.2) is 29.1 Å². The summed E-state index contributed by atoms with van der Waals surface area (Å²) in [6.07, 6.45) is 5.38. The number of hydrogen-bond acceptors (Lipinski definition) is 3. The molecular formula is C13H18N2O2. The Balaban J connectivity index is 2.08. The molecule has 1 fully saturated rings. The lowest BCUT2D eigenvalue weighted by Gasteiger charge is -2.33. The van der Waals surface area contributed by atoms with Crippen LogP contribution in [0.3, 0.4) is 0 Å². The van der Waals surface area contributed by atoms with Crippen LogP contribution in [0.2, 0.25) is 0 Å². The minimum absolute atomic E-state index is 0.109. The van der Waals surface area contributed by atoms with E-state index < -0.39 is 5.97 Å². The molecule has 1 atom stereocenters. The summed E-state index contributed by atoms with van der Waals surface area (Å²) in [7, 11) is 0. The molecule has 1 aromatic rings. The molecule has 1 aliphatic heterocycles. The fourth-order valence-corrected chi connectivity index (χ4v) is 2.33. The Bertz CT molecular complexity index is 389. The highest BCUT2D eigenvalue weighted by Crippen LogP contribution is 2.24. The van der Waals surface area contributed by atoms with E-state index in [0.717, 1.165) is 24.7 Å². The lowest BCUT2D eigenvalue weighted by atomic mass is 9.95. The fourth-order valence-electron chi connectivity index (χ4n) is 2.33. The van der Waals surface area contributed by atoms with Crippen molar-refractivity contribution in [2.24, 2.45) is 5.92 Å². The first-order valence-electron chi connectivity index (χ1n) is 6.15. The van der Waals surface area contributed by atoms with Crippen molar-refractivity contribution in [2.45, 2.75) is 26.2 Å². The molecule has 2 rings (SSSR count). The predicted molar refractivity (Wildman–Crippen MR) is 66.4 cm³/mol. The smallest absolute Gasteiger partial charge is 0.354 e. The molecule has 0 spiro atoms. The second kappa shape index (κ2) is 5.17. The van der Waals surface area contributed by atoms with Gasteiger partial charge in [-0.1, -0.05) is 13.3 Å². The van der Waals surface area contributed by atoms with Crippen LogP contribution in [0.25, 0.3) is 0 Å². The van der Waals surface area contributed by atoms with Crippen LogP contribution in [0.4, 0.5) is 5.69 Å². The second-order valence-electron chi connectivity index (χ2n) is 4.57. The molecule has 1 aliphatic rings. The number of nitrogens with zero attached hydrogens (tertiary/aromatic N) is 2. The summed E-state index contributed by atoms with van der Waals surface area (Å²) in [5, 5.41) is 8.79. The zero-order chi connectivity index (χ0) is 12.3. The van der Waals surface area contributed by atoms with Gasteiger partial charge in [0.2, 0.25) is 0 Å². The highest BCUT2D eigenvalue weighted by atomic mass is 16.4. The Kier molecular flexibility index (Phi) is 3.61. The van der Waals surface area contributed by atoms with E-state index in [1.165, 1.54) is 19.3 Å². The molecule has 1 N–H and O–H groups in total. The van der Waals surface area contributed by atoms with Crippen molar-refractivity contribution in [3.8, 4) is 0 Å². The van der Waals surface area contributed by atoms with Gasteiger partial charge < -0.3 is 10.0 Å². The summed E-state index contributed by atoms with van der Waals surface area (Å²) in [5.74, 6) is -0.218. The summed E-state index contributed by atoms with van der Waals surface area (Å²) in [6, 6.07) is 3.43. The van der Waals surface area contributed by atoms with Crippen LogP contribution in [-0.2, 0) is 0 Å². The van der Waals surface area contributed by atoms with Crippen molar-refractivity contribution in [3.05, 3.63) is 24.0 Å². The van der Waals surface area contributed by atoms with Gasteiger partial charge in [-0.15, -0.1) is 0 Å². The molecule has 0 amide bonds. The predicted octanol–water partition coefficient (Wildman–Crippen LogP) is 2.41. The number of carboxylic acid groups (broad SMARTS) is 1. The maximum absolute atomic E-state index is 10.7. The second-order valence-corrected chi connectivity index (χ2v) is 4.57. The molecule has 17 heavy (non-hydrogen) atoms. The van der Waals surface area contributed by atoms with Gasteiger partial charge in [0.05, 0.1) is 11.9 Å². The summed E-state index contributed by atoms with van der Waals surface area (Å²) >= 11 is 0. The summed E-state index contributed by atoms with van der Waals surface area (Å²) < 4.78 is 0. The van der Waals surface area contributed by atoms with Crippen molar-refractivity contribution in [2.75, 3.05) is 18.0 Å². The minimum atomic E-state index is -0.971. The third-order valence-electron chi connectivity index (χ3n) is 3.43. The van der Waals surface area contributed by atoms with Gasteiger partial charge in [0, 0.05) is 13.1 Å². The maximum atomic E-state index is 10.7. The van der Waals surface area contributed by atoms with Crippen LogP contribution >= 0.6 is 0 Å². The van der Waals surface area contributed by atoms with Crippen LogP contribution in [0.1, 0.15) is 36.7 Å². The molecular weight excluding hydrogens is 216 g/mol. The number of carbonyl (C=O) groups is 1. The highest BCUT2D eigenvalue weighted by molar-refractivity contribution is 5.85. The van der Waals surface area contributed by atoms with Crippen molar-refractivity contribution in [1.82, 2.24) is 4.98 Å². The molecule has 4 nitrogen and oxygen atoms in total. The van der Waals surface area contributed by atoms with E-state index in [1.54, 1.807) is 12.3 Å². The van der Waals surface area contributed by atoms with Crippen molar-refractivity contribution in [1.29, 1.82) is 0 Å². The van der Waals surface area contributed by atoms with Gasteiger partial charge in [0.15, 0.2) is 0 Å². The average molecular weight is 234 g/mol. The molecule has 1 unspecified atom stereocenters. The van der Waals surface area contributed by atoms with Gasteiger partial charge >= 0.3 is 5.97 Å². The Labute approximate surface area is 101 Å². The number of anilines is 1. The van der Waals surface area contributed by atoms with E-state index >= 15 is 0 Å². The van der Waals surface area contributed by atoms with Gasteiger partial charge in [-0.3, -0.25) is 0 Å². The van der Waals surface area contributed by atoms with E-state index in [4.69, 9.17) is 5.11 Å². The molecule has 0 bridgehead atoms. The van der Waals surface area contributed by atoms with Gasteiger partial charge in [-0.25, -0.2) is 9.78 Å². The molecule has 0 aromatic carbocycles. The third-order valence-corrected chi connectivity index (χ3v) is 3.43. The van der Waals surface area contributed by atoms with E-state index in [0.29, 0.717) is 0 Å². The number of rotatable bonds is 3.